The summed E-state index contributed by atoms with van der Waals surface area (Å²) in [5.74, 6) is 0. The molecule has 0 aromatic heterocycles. The number of thiol groups is 1. The van der Waals surface area contributed by atoms with E-state index in [9.17, 15) is 5.02 Å². The van der Waals surface area contributed by atoms with E-state index in [1.807, 2.05) is 12.1 Å². The van der Waals surface area contributed by atoms with E-state index in [4.69, 9.17) is 0 Å². The van der Waals surface area contributed by atoms with Gasteiger partial charge in [0.15, 0.2) is 0 Å². The summed E-state index contributed by atoms with van der Waals surface area (Å²) in [4.78, 5) is 0. The van der Waals surface area contributed by atoms with Crippen LogP contribution in [0.5, 0.6) is 0 Å². The summed E-state index contributed by atoms with van der Waals surface area (Å²) in [6, 6.07) is 14.4. The van der Waals surface area contributed by atoms with Gasteiger partial charge in [-0.25, -0.2) is 0 Å². The van der Waals surface area contributed by atoms with Crippen LogP contribution in [0.2, 0.25) is 0 Å². The zero-order valence-electron chi connectivity index (χ0n) is 8.72. The molecule has 1 aliphatic carbocycles. The molecule has 16 heavy (non-hydrogen) atoms. The Hall–Kier alpha value is -1.19. The highest BCUT2D eigenvalue weighted by Gasteiger charge is 2.23. The van der Waals surface area contributed by atoms with Gasteiger partial charge in [0.05, 0.1) is 0 Å². The Morgan fingerprint density at radius 1 is 1.00 bits per heavy atom. The highest BCUT2D eigenvalue weighted by molar-refractivity contribution is 8.11. The van der Waals surface area contributed by atoms with Crippen molar-refractivity contribution in [3.05, 3.63) is 53.6 Å². The van der Waals surface area contributed by atoms with Gasteiger partial charge >= 0.3 is 6.19 Å². The third kappa shape index (κ3) is 1.39. The number of benzene rings is 2. The lowest BCUT2D eigenvalue weighted by Crippen LogP contribution is -2.27. The first-order valence-corrected chi connectivity index (χ1v) is 5.85. The largest absolute Gasteiger partial charge is 0.438 e. The van der Waals surface area contributed by atoms with E-state index in [0.29, 0.717) is 0 Å². The minimum absolute atomic E-state index is 0.690. The Balaban J connectivity index is 2.24. The zero-order valence-corrected chi connectivity index (χ0v) is 9.61. The number of rotatable bonds is 1. The van der Waals surface area contributed by atoms with Crippen LogP contribution >= 0.6 is 12.5 Å². The lowest BCUT2D eigenvalue weighted by molar-refractivity contribution is 0.609. The van der Waals surface area contributed by atoms with Crippen molar-refractivity contribution < 1.29 is 5.02 Å². The summed E-state index contributed by atoms with van der Waals surface area (Å²) in [5.41, 5.74) is 6.00. The van der Waals surface area contributed by atoms with Crippen LogP contribution in [0.3, 0.4) is 0 Å². The average Bonchev–Trinajstić information content (AvgIpc) is 2.67. The highest BCUT2D eigenvalue weighted by Crippen LogP contribution is 2.35. The smallest absolute Gasteiger partial charge is 0.391 e. The Kier molecular flexibility index (Phi) is 2.30. The molecule has 0 atom stereocenters. The number of hydrogen-bond donors (Lipinski definition) is 2. The minimum atomic E-state index is -0.690. The van der Waals surface area contributed by atoms with Gasteiger partial charge in [-0.05, 0) is 34.1 Å². The van der Waals surface area contributed by atoms with Crippen LogP contribution in [0, 0.1) is 0 Å². The SMILES string of the molecule is OB(S)c1cccc2c1Cc1ccccc1-2. The quantitative estimate of drug-likeness (QED) is 0.479. The molecule has 2 aromatic rings. The molecule has 0 heterocycles. The van der Waals surface area contributed by atoms with Gasteiger partial charge in [-0.2, -0.15) is 12.5 Å². The van der Waals surface area contributed by atoms with E-state index in [0.717, 1.165) is 11.9 Å². The molecule has 0 radical (unpaired) electrons. The number of fused-ring (bicyclic) bond motifs is 3. The van der Waals surface area contributed by atoms with Crippen molar-refractivity contribution in [3.63, 3.8) is 0 Å². The Labute approximate surface area is 101 Å². The van der Waals surface area contributed by atoms with Crippen LogP contribution in [-0.2, 0) is 6.42 Å². The molecular weight excluding hydrogens is 215 g/mol. The maximum absolute atomic E-state index is 9.63. The molecule has 2 aromatic carbocycles. The van der Waals surface area contributed by atoms with Gasteiger partial charge in [0.25, 0.3) is 0 Å². The van der Waals surface area contributed by atoms with E-state index in [1.54, 1.807) is 0 Å². The van der Waals surface area contributed by atoms with Gasteiger partial charge in [0.1, 0.15) is 0 Å². The maximum atomic E-state index is 9.63. The first kappa shape index (κ1) is 10.0. The first-order chi connectivity index (χ1) is 7.77. The van der Waals surface area contributed by atoms with Crippen molar-refractivity contribution in [1.29, 1.82) is 0 Å². The van der Waals surface area contributed by atoms with Gasteiger partial charge in [-0.1, -0.05) is 42.5 Å². The van der Waals surface area contributed by atoms with Crippen LogP contribution in [0.4, 0.5) is 0 Å². The topological polar surface area (TPSA) is 20.2 Å². The third-order valence-corrected chi connectivity index (χ3v) is 3.44. The fourth-order valence-corrected chi connectivity index (χ4v) is 2.67. The van der Waals surface area contributed by atoms with Crippen LogP contribution in [0.15, 0.2) is 42.5 Å². The predicted octanol–water partition coefficient (Wildman–Crippen LogP) is 1.88. The molecule has 0 saturated carbocycles. The first-order valence-electron chi connectivity index (χ1n) is 5.33. The Morgan fingerprint density at radius 2 is 1.75 bits per heavy atom. The fraction of sp³-hybridized carbons (Fsp3) is 0.0769. The summed E-state index contributed by atoms with van der Waals surface area (Å²) >= 11 is 4.12. The third-order valence-electron chi connectivity index (χ3n) is 3.17. The molecule has 1 nitrogen and oxygen atoms in total. The lowest BCUT2D eigenvalue weighted by atomic mass is 9.81. The molecule has 78 valence electrons. The standard InChI is InChI=1S/C13H11BOS/c15-14(16)13-7-3-6-11-10-5-2-1-4-9(10)8-12(11)13/h1-7,15-16H,8H2. The molecule has 0 bridgehead atoms. The van der Waals surface area contributed by atoms with E-state index in [-0.39, 0.29) is 0 Å². The van der Waals surface area contributed by atoms with Crippen molar-refractivity contribution >= 4 is 24.1 Å². The molecule has 1 aliphatic rings. The molecule has 3 heteroatoms. The molecule has 0 aliphatic heterocycles. The van der Waals surface area contributed by atoms with Crippen molar-refractivity contribution in [3.8, 4) is 11.1 Å². The summed E-state index contributed by atoms with van der Waals surface area (Å²) in [5, 5.41) is 9.63. The van der Waals surface area contributed by atoms with Crippen LogP contribution in [-0.4, -0.2) is 11.2 Å². The molecule has 0 spiro atoms. The molecule has 0 amide bonds. The average molecular weight is 226 g/mol. The van der Waals surface area contributed by atoms with Crippen molar-refractivity contribution in [1.82, 2.24) is 0 Å². The van der Waals surface area contributed by atoms with Crippen molar-refractivity contribution in [2.24, 2.45) is 0 Å². The second-order valence-electron chi connectivity index (χ2n) is 4.08. The highest BCUT2D eigenvalue weighted by atomic mass is 32.1. The minimum Gasteiger partial charge on any atom is -0.438 e. The fourth-order valence-electron chi connectivity index (χ4n) is 2.42. The van der Waals surface area contributed by atoms with Crippen LogP contribution in [0.25, 0.3) is 11.1 Å². The normalized spacial score (nSPS) is 12.1. The van der Waals surface area contributed by atoms with Gasteiger partial charge in [-0.3, -0.25) is 0 Å². The number of hydrogen-bond acceptors (Lipinski definition) is 2. The molecule has 0 unspecified atom stereocenters. The van der Waals surface area contributed by atoms with Crippen molar-refractivity contribution in [2.45, 2.75) is 6.42 Å². The summed E-state index contributed by atoms with van der Waals surface area (Å²) < 4.78 is 0. The molecule has 1 N–H and O–H groups in total. The molecule has 3 rings (SSSR count). The second kappa shape index (κ2) is 3.68. The summed E-state index contributed by atoms with van der Waals surface area (Å²) in [6.45, 7) is 0. The van der Waals surface area contributed by atoms with Gasteiger partial charge in [0, 0.05) is 0 Å². The summed E-state index contributed by atoms with van der Waals surface area (Å²) in [6.07, 6.45) is 0.212. The van der Waals surface area contributed by atoms with E-state index in [1.165, 1.54) is 22.3 Å². The van der Waals surface area contributed by atoms with Gasteiger partial charge < -0.3 is 5.02 Å². The van der Waals surface area contributed by atoms with E-state index in [2.05, 4.69) is 42.8 Å². The molecule has 0 fully saturated rings. The summed E-state index contributed by atoms with van der Waals surface area (Å²) in [7, 11) is 0. The van der Waals surface area contributed by atoms with Gasteiger partial charge in [-0.15, -0.1) is 0 Å². The second-order valence-corrected chi connectivity index (χ2v) is 4.57. The molecular formula is C13H11BOS. The molecule has 0 saturated heterocycles. The predicted molar refractivity (Wildman–Crippen MR) is 71.3 cm³/mol. The van der Waals surface area contributed by atoms with E-state index < -0.39 is 6.19 Å². The maximum Gasteiger partial charge on any atom is 0.391 e. The Bertz CT molecular complexity index is 551. The lowest BCUT2D eigenvalue weighted by Gasteiger charge is -2.07. The Morgan fingerprint density at radius 3 is 2.56 bits per heavy atom. The van der Waals surface area contributed by atoms with E-state index >= 15 is 0 Å². The monoisotopic (exact) mass is 226 g/mol. The van der Waals surface area contributed by atoms with Crippen LogP contribution in [0.1, 0.15) is 11.1 Å². The van der Waals surface area contributed by atoms with Crippen LogP contribution < -0.4 is 5.46 Å². The van der Waals surface area contributed by atoms with Crippen molar-refractivity contribution in [2.75, 3.05) is 0 Å². The van der Waals surface area contributed by atoms with Gasteiger partial charge in [0.2, 0.25) is 0 Å². The zero-order chi connectivity index (χ0) is 11.1.